The molecule has 1 aromatic rings. The molecule has 0 aliphatic carbocycles. The van der Waals surface area contributed by atoms with Gasteiger partial charge in [0, 0.05) is 12.4 Å². The Bertz CT molecular complexity index is 287. The van der Waals surface area contributed by atoms with Crippen LogP contribution in [0.2, 0.25) is 0 Å². The highest BCUT2D eigenvalue weighted by Crippen LogP contribution is 2.15. The van der Waals surface area contributed by atoms with Gasteiger partial charge in [0.1, 0.15) is 0 Å². The summed E-state index contributed by atoms with van der Waals surface area (Å²) in [4.78, 5) is 14.9. The molecular formula is C10H13NO3. The molecule has 1 aromatic heterocycles. The zero-order valence-electron chi connectivity index (χ0n) is 8.01. The summed E-state index contributed by atoms with van der Waals surface area (Å²) in [6, 6.07) is 3.43. The second-order valence-electron chi connectivity index (χ2n) is 2.81. The predicted octanol–water partition coefficient (Wildman–Crippen LogP) is 1.07. The minimum absolute atomic E-state index is 0.0282. The molecular weight excluding hydrogens is 182 g/mol. The zero-order chi connectivity index (χ0) is 10.4. The fraction of sp³-hybridized carbons (Fsp3) is 0.400. The Morgan fingerprint density at radius 3 is 3.07 bits per heavy atom. The summed E-state index contributed by atoms with van der Waals surface area (Å²) in [6.07, 6.45) is 2.28. The first kappa shape index (κ1) is 10.7. The van der Waals surface area contributed by atoms with E-state index in [0.717, 1.165) is 0 Å². The van der Waals surface area contributed by atoms with Crippen molar-refractivity contribution in [2.24, 2.45) is 0 Å². The zero-order valence-corrected chi connectivity index (χ0v) is 8.01. The Kier molecular flexibility index (Phi) is 4.07. The summed E-state index contributed by atoms with van der Waals surface area (Å²) < 4.78 is 4.71. The van der Waals surface area contributed by atoms with Crippen molar-refractivity contribution in [1.82, 2.24) is 4.98 Å². The van der Waals surface area contributed by atoms with Gasteiger partial charge in [-0.15, -0.1) is 0 Å². The van der Waals surface area contributed by atoms with Gasteiger partial charge < -0.3 is 9.84 Å². The van der Waals surface area contributed by atoms with E-state index in [-0.39, 0.29) is 6.42 Å². The highest BCUT2D eigenvalue weighted by atomic mass is 16.5. The van der Waals surface area contributed by atoms with Crippen LogP contribution in [0.15, 0.2) is 24.5 Å². The summed E-state index contributed by atoms with van der Waals surface area (Å²) >= 11 is 0. The molecule has 76 valence electrons. The second kappa shape index (κ2) is 5.34. The number of aliphatic hydroxyl groups excluding tert-OH is 1. The van der Waals surface area contributed by atoms with Gasteiger partial charge in [-0.25, -0.2) is 0 Å². The van der Waals surface area contributed by atoms with E-state index in [1.165, 1.54) is 6.20 Å². The normalized spacial score (nSPS) is 12.1. The van der Waals surface area contributed by atoms with Crippen LogP contribution in [0.3, 0.4) is 0 Å². The predicted molar refractivity (Wildman–Crippen MR) is 50.4 cm³/mol. The van der Waals surface area contributed by atoms with Gasteiger partial charge in [0.25, 0.3) is 0 Å². The van der Waals surface area contributed by atoms with E-state index in [0.29, 0.717) is 12.2 Å². The van der Waals surface area contributed by atoms with Crippen molar-refractivity contribution < 1.29 is 14.6 Å². The van der Waals surface area contributed by atoms with E-state index < -0.39 is 12.1 Å². The van der Waals surface area contributed by atoms with Gasteiger partial charge >= 0.3 is 5.97 Å². The van der Waals surface area contributed by atoms with Gasteiger partial charge in [-0.2, -0.15) is 0 Å². The average molecular weight is 195 g/mol. The van der Waals surface area contributed by atoms with Gasteiger partial charge in [0.15, 0.2) is 0 Å². The molecule has 1 atom stereocenters. The maximum Gasteiger partial charge on any atom is 0.308 e. The number of hydrogen-bond donors (Lipinski definition) is 1. The molecule has 4 nitrogen and oxygen atoms in total. The monoisotopic (exact) mass is 195 g/mol. The van der Waals surface area contributed by atoms with Crippen LogP contribution in [-0.2, 0) is 9.53 Å². The lowest BCUT2D eigenvalue weighted by Gasteiger charge is -2.08. The summed E-state index contributed by atoms with van der Waals surface area (Å²) in [5.41, 5.74) is 0.626. The van der Waals surface area contributed by atoms with E-state index >= 15 is 0 Å². The first-order valence-corrected chi connectivity index (χ1v) is 4.47. The molecule has 0 fully saturated rings. The van der Waals surface area contributed by atoms with E-state index in [1.807, 2.05) is 0 Å². The van der Waals surface area contributed by atoms with Crippen molar-refractivity contribution in [2.75, 3.05) is 6.61 Å². The number of carbonyl (C=O) groups is 1. The third-order valence-corrected chi connectivity index (χ3v) is 1.73. The average Bonchev–Trinajstić information content (AvgIpc) is 2.19. The summed E-state index contributed by atoms with van der Waals surface area (Å²) in [7, 11) is 0. The Labute approximate surface area is 82.5 Å². The number of hydrogen-bond acceptors (Lipinski definition) is 4. The molecule has 0 bridgehead atoms. The van der Waals surface area contributed by atoms with E-state index in [2.05, 4.69) is 4.98 Å². The molecule has 1 rings (SSSR count). The van der Waals surface area contributed by atoms with Crippen molar-refractivity contribution in [3.05, 3.63) is 30.1 Å². The van der Waals surface area contributed by atoms with Crippen molar-refractivity contribution in [1.29, 1.82) is 0 Å². The quantitative estimate of drug-likeness (QED) is 0.730. The number of aromatic nitrogens is 1. The number of carbonyl (C=O) groups excluding carboxylic acids is 1. The highest BCUT2D eigenvalue weighted by molar-refractivity contribution is 5.70. The van der Waals surface area contributed by atoms with E-state index in [4.69, 9.17) is 4.74 Å². The molecule has 0 spiro atoms. The largest absolute Gasteiger partial charge is 0.466 e. The Hall–Kier alpha value is -1.42. The van der Waals surface area contributed by atoms with Crippen LogP contribution in [-0.4, -0.2) is 22.7 Å². The number of esters is 1. The smallest absolute Gasteiger partial charge is 0.308 e. The van der Waals surface area contributed by atoms with Gasteiger partial charge in [-0.3, -0.25) is 9.78 Å². The van der Waals surface area contributed by atoms with Crippen molar-refractivity contribution >= 4 is 5.97 Å². The molecule has 14 heavy (non-hydrogen) atoms. The van der Waals surface area contributed by atoms with Crippen LogP contribution < -0.4 is 0 Å². The number of ether oxygens (including phenoxy) is 1. The lowest BCUT2D eigenvalue weighted by Crippen LogP contribution is -2.10. The van der Waals surface area contributed by atoms with Crippen molar-refractivity contribution in [2.45, 2.75) is 19.4 Å². The maximum atomic E-state index is 11.0. The van der Waals surface area contributed by atoms with Crippen molar-refractivity contribution in [3.8, 4) is 0 Å². The molecule has 0 aromatic carbocycles. The lowest BCUT2D eigenvalue weighted by molar-refractivity contribution is -0.145. The highest BCUT2D eigenvalue weighted by Gasteiger charge is 2.13. The summed E-state index contributed by atoms with van der Waals surface area (Å²) in [5, 5.41) is 9.58. The number of pyridine rings is 1. The van der Waals surface area contributed by atoms with Crippen LogP contribution in [0.1, 0.15) is 25.0 Å². The SMILES string of the molecule is CCOC(=O)CC(O)c1cccnc1. The Balaban J connectivity index is 2.50. The molecule has 0 radical (unpaired) electrons. The minimum atomic E-state index is -0.831. The molecule has 0 amide bonds. The molecule has 1 N–H and O–H groups in total. The molecule has 0 saturated carbocycles. The molecule has 4 heteroatoms. The number of aliphatic hydroxyl groups is 1. The van der Waals surface area contributed by atoms with Crippen LogP contribution in [0.4, 0.5) is 0 Å². The Morgan fingerprint density at radius 2 is 2.50 bits per heavy atom. The molecule has 0 aliphatic rings. The summed E-state index contributed by atoms with van der Waals surface area (Å²) in [6.45, 7) is 2.06. The summed E-state index contributed by atoms with van der Waals surface area (Å²) in [5.74, 6) is -0.399. The first-order valence-electron chi connectivity index (χ1n) is 4.47. The van der Waals surface area contributed by atoms with E-state index in [1.54, 1.807) is 25.3 Å². The van der Waals surface area contributed by atoms with Gasteiger partial charge in [-0.05, 0) is 18.6 Å². The van der Waals surface area contributed by atoms with Crippen LogP contribution in [0.25, 0.3) is 0 Å². The van der Waals surface area contributed by atoms with Gasteiger partial charge in [0.2, 0.25) is 0 Å². The standard InChI is InChI=1S/C10H13NO3/c1-2-14-10(13)6-9(12)8-4-3-5-11-7-8/h3-5,7,9,12H,2,6H2,1H3. The first-order chi connectivity index (χ1) is 6.74. The Morgan fingerprint density at radius 1 is 1.71 bits per heavy atom. The van der Waals surface area contributed by atoms with Crippen LogP contribution >= 0.6 is 0 Å². The van der Waals surface area contributed by atoms with Crippen molar-refractivity contribution in [3.63, 3.8) is 0 Å². The lowest BCUT2D eigenvalue weighted by atomic mass is 10.1. The molecule has 0 saturated heterocycles. The minimum Gasteiger partial charge on any atom is -0.466 e. The van der Waals surface area contributed by atoms with Gasteiger partial charge in [-0.1, -0.05) is 6.07 Å². The maximum absolute atomic E-state index is 11.0. The van der Waals surface area contributed by atoms with Crippen LogP contribution in [0.5, 0.6) is 0 Å². The molecule has 0 aliphatic heterocycles. The third kappa shape index (κ3) is 3.14. The molecule has 1 heterocycles. The third-order valence-electron chi connectivity index (χ3n) is 1.73. The van der Waals surface area contributed by atoms with Crippen LogP contribution in [0, 0.1) is 0 Å². The number of nitrogens with zero attached hydrogens (tertiary/aromatic N) is 1. The topological polar surface area (TPSA) is 59.4 Å². The van der Waals surface area contributed by atoms with E-state index in [9.17, 15) is 9.90 Å². The fourth-order valence-corrected chi connectivity index (χ4v) is 1.07. The van der Waals surface area contributed by atoms with Gasteiger partial charge in [0.05, 0.1) is 19.1 Å². The fourth-order valence-electron chi connectivity index (χ4n) is 1.07. The number of rotatable bonds is 4. The molecule has 1 unspecified atom stereocenters. The second-order valence-corrected chi connectivity index (χ2v) is 2.81.